The topological polar surface area (TPSA) is 57.8 Å². The molecule has 15 heavy (non-hydrogen) atoms. The molecule has 2 rings (SSSR count). The number of H-pyrrole nitrogens is 1. The van der Waals surface area contributed by atoms with Crippen LogP contribution in [0.25, 0.3) is 11.0 Å². The summed E-state index contributed by atoms with van der Waals surface area (Å²) in [6, 6.07) is 3.84. The zero-order valence-corrected chi connectivity index (χ0v) is 8.74. The molecule has 0 saturated heterocycles. The van der Waals surface area contributed by atoms with Crippen LogP contribution in [0.4, 0.5) is 0 Å². The molecule has 1 amide bonds. The summed E-state index contributed by atoms with van der Waals surface area (Å²) in [4.78, 5) is 18.9. The Kier molecular flexibility index (Phi) is 2.41. The lowest BCUT2D eigenvalue weighted by Crippen LogP contribution is -2.29. The van der Waals surface area contributed by atoms with Crippen molar-refractivity contribution >= 4 is 16.9 Å². The van der Waals surface area contributed by atoms with Crippen molar-refractivity contribution in [3.63, 3.8) is 0 Å². The van der Waals surface area contributed by atoms with Crippen LogP contribution in [0.1, 0.15) is 24.2 Å². The SMILES string of the molecule is CC(C)NC(=O)c1c[nH]c2ncccc12. The van der Waals surface area contributed by atoms with Crippen LogP contribution in [-0.4, -0.2) is 21.9 Å². The zero-order valence-electron chi connectivity index (χ0n) is 8.74. The number of carbonyl (C=O) groups is 1. The van der Waals surface area contributed by atoms with Gasteiger partial charge in [-0.25, -0.2) is 4.98 Å². The molecule has 0 atom stereocenters. The smallest absolute Gasteiger partial charge is 0.253 e. The van der Waals surface area contributed by atoms with Crippen LogP contribution >= 0.6 is 0 Å². The highest BCUT2D eigenvalue weighted by Gasteiger charge is 2.12. The molecule has 2 heterocycles. The molecule has 0 aliphatic carbocycles. The van der Waals surface area contributed by atoms with Crippen molar-refractivity contribution in [3.8, 4) is 0 Å². The van der Waals surface area contributed by atoms with Crippen LogP contribution in [0, 0.1) is 0 Å². The first-order valence-electron chi connectivity index (χ1n) is 4.91. The average molecular weight is 203 g/mol. The average Bonchev–Trinajstić information content (AvgIpc) is 2.59. The highest BCUT2D eigenvalue weighted by molar-refractivity contribution is 6.05. The van der Waals surface area contributed by atoms with Crippen molar-refractivity contribution in [3.05, 3.63) is 30.1 Å². The summed E-state index contributed by atoms with van der Waals surface area (Å²) in [6.45, 7) is 3.87. The van der Waals surface area contributed by atoms with E-state index in [-0.39, 0.29) is 11.9 Å². The molecule has 2 aromatic heterocycles. The number of aromatic amines is 1. The number of aromatic nitrogens is 2. The van der Waals surface area contributed by atoms with E-state index in [0.717, 1.165) is 11.0 Å². The van der Waals surface area contributed by atoms with Gasteiger partial charge in [-0.1, -0.05) is 0 Å². The number of hydrogen-bond acceptors (Lipinski definition) is 2. The molecular weight excluding hydrogens is 190 g/mol. The van der Waals surface area contributed by atoms with Gasteiger partial charge < -0.3 is 10.3 Å². The van der Waals surface area contributed by atoms with Gasteiger partial charge in [-0.2, -0.15) is 0 Å². The number of rotatable bonds is 2. The standard InChI is InChI=1S/C11H13N3O/c1-7(2)14-11(15)9-6-13-10-8(9)4-3-5-12-10/h3-7H,1-2H3,(H,12,13)(H,14,15). The lowest BCUT2D eigenvalue weighted by molar-refractivity contribution is 0.0945. The van der Waals surface area contributed by atoms with E-state index in [1.807, 2.05) is 26.0 Å². The van der Waals surface area contributed by atoms with Gasteiger partial charge in [-0.3, -0.25) is 4.79 Å². The number of pyridine rings is 1. The van der Waals surface area contributed by atoms with Crippen molar-refractivity contribution in [2.45, 2.75) is 19.9 Å². The number of hydrogen-bond donors (Lipinski definition) is 2. The molecule has 4 heteroatoms. The summed E-state index contributed by atoms with van der Waals surface area (Å²) in [5, 5.41) is 3.71. The summed E-state index contributed by atoms with van der Waals surface area (Å²) in [7, 11) is 0. The van der Waals surface area contributed by atoms with Crippen molar-refractivity contribution in [2.75, 3.05) is 0 Å². The second kappa shape index (κ2) is 3.73. The van der Waals surface area contributed by atoms with Crippen molar-refractivity contribution in [2.24, 2.45) is 0 Å². The molecule has 2 aromatic rings. The van der Waals surface area contributed by atoms with E-state index in [1.165, 1.54) is 0 Å². The van der Waals surface area contributed by atoms with Gasteiger partial charge in [0.2, 0.25) is 0 Å². The maximum absolute atomic E-state index is 11.8. The van der Waals surface area contributed by atoms with Crippen LogP contribution in [0.5, 0.6) is 0 Å². The normalized spacial score (nSPS) is 10.9. The summed E-state index contributed by atoms with van der Waals surface area (Å²) in [6.07, 6.45) is 3.39. The Morgan fingerprint density at radius 2 is 2.33 bits per heavy atom. The number of amides is 1. The first kappa shape index (κ1) is 9.71. The summed E-state index contributed by atoms with van der Waals surface area (Å²) < 4.78 is 0. The van der Waals surface area contributed by atoms with Gasteiger partial charge in [0, 0.05) is 23.8 Å². The molecule has 4 nitrogen and oxygen atoms in total. The van der Waals surface area contributed by atoms with Gasteiger partial charge >= 0.3 is 0 Å². The van der Waals surface area contributed by atoms with Gasteiger partial charge in [-0.05, 0) is 26.0 Å². The third kappa shape index (κ3) is 1.83. The van der Waals surface area contributed by atoms with Crippen LogP contribution in [0.2, 0.25) is 0 Å². The number of nitrogens with zero attached hydrogens (tertiary/aromatic N) is 1. The van der Waals surface area contributed by atoms with Gasteiger partial charge in [0.25, 0.3) is 5.91 Å². The minimum absolute atomic E-state index is 0.0655. The zero-order chi connectivity index (χ0) is 10.8. The Labute approximate surface area is 87.7 Å². The fraction of sp³-hybridized carbons (Fsp3) is 0.273. The lowest BCUT2D eigenvalue weighted by atomic mass is 10.2. The Morgan fingerprint density at radius 1 is 1.53 bits per heavy atom. The number of carbonyl (C=O) groups excluding carboxylic acids is 1. The minimum Gasteiger partial charge on any atom is -0.350 e. The van der Waals surface area contributed by atoms with E-state index in [4.69, 9.17) is 0 Å². The molecule has 0 saturated carbocycles. The van der Waals surface area contributed by atoms with Crippen molar-refractivity contribution in [1.82, 2.24) is 15.3 Å². The van der Waals surface area contributed by atoms with E-state index < -0.39 is 0 Å². The molecular formula is C11H13N3O. The van der Waals surface area contributed by atoms with Crippen LogP contribution in [0.3, 0.4) is 0 Å². The molecule has 0 aliphatic heterocycles. The largest absolute Gasteiger partial charge is 0.350 e. The maximum atomic E-state index is 11.8. The second-order valence-electron chi connectivity index (χ2n) is 3.73. The summed E-state index contributed by atoms with van der Waals surface area (Å²) >= 11 is 0. The lowest BCUT2D eigenvalue weighted by Gasteiger charge is -2.06. The summed E-state index contributed by atoms with van der Waals surface area (Å²) in [5.74, 6) is -0.0655. The fourth-order valence-corrected chi connectivity index (χ4v) is 1.48. The third-order valence-electron chi connectivity index (χ3n) is 2.12. The summed E-state index contributed by atoms with van der Waals surface area (Å²) in [5.41, 5.74) is 1.39. The van der Waals surface area contributed by atoms with Gasteiger partial charge in [0.05, 0.1) is 5.56 Å². The Hall–Kier alpha value is -1.84. The van der Waals surface area contributed by atoms with Crippen molar-refractivity contribution < 1.29 is 4.79 Å². The maximum Gasteiger partial charge on any atom is 0.253 e. The first-order valence-corrected chi connectivity index (χ1v) is 4.91. The van der Waals surface area contributed by atoms with Crippen LogP contribution in [0.15, 0.2) is 24.5 Å². The third-order valence-corrected chi connectivity index (χ3v) is 2.12. The molecule has 0 unspecified atom stereocenters. The second-order valence-corrected chi connectivity index (χ2v) is 3.73. The Morgan fingerprint density at radius 3 is 3.07 bits per heavy atom. The molecule has 2 N–H and O–H groups in total. The molecule has 0 aromatic carbocycles. The Balaban J connectivity index is 2.40. The molecule has 78 valence electrons. The predicted molar refractivity (Wildman–Crippen MR) is 58.7 cm³/mol. The van der Waals surface area contributed by atoms with Gasteiger partial charge in [-0.15, -0.1) is 0 Å². The molecule has 0 aliphatic rings. The Bertz CT molecular complexity index is 487. The van der Waals surface area contributed by atoms with Gasteiger partial charge in [0.1, 0.15) is 5.65 Å². The molecule has 0 spiro atoms. The van der Waals surface area contributed by atoms with E-state index in [9.17, 15) is 4.79 Å². The van der Waals surface area contributed by atoms with Gasteiger partial charge in [0.15, 0.2) is 0 Å². The van der Waals surface area contributed by atoms with Crippen molar-refractivity contribution in [1.29, 1.82) is 0 Å². The fourth-order valence-electron chi connectivity index (χ4n) is 1.48. The minimum atomic E-state index is -0.0655. The monoisotopic (exact) mass is 203 g/mol. The number of nitrogens with one attached hydrogen (secondary N) is 2. The highest BCUT2D eigenvalue weighted by Crippen LogP contribution is 2.15. The predicted octanol–water partition coefficient (Wildman–Crippen LogP) is 1.70. The molecule has 0 bridgehead atoms. The highest BCUT2D eigenvalue weighted by atomic mass is 16.1. The quantitative estimate of drug-likeness (QED) is 0.780. The van der Waals surface area contributed by atoms with E-state index in [1.54, 1.807) is 12.4 Å². The van der Waals surface area contributed by atoms with E-state index in [2.05, 4.69) is 15.3 Å². The van der Waals surface area contributed by atoms with E-state index >= 15 is 0 Å². The molecule has 0 radical (unpaired) electrons. The van der Waals surface area contributed by atoms with Crippen LogP contribution < -0.4 is 5.32 Å². The van der Waals surface area contributed by atoms with Crippen LogP contribution in [-0.2, 0) is 0 Å². The number of fused-ring (bicyclic) bond motifs is 1. The molecule has 0 fully saturated rings. The van der Waals surface area contributed by atoms with E-state index in [0.29, 0.717) is 5.56 Å². The first-order chi connectivity index (χ1) is 7.18.